The summed E-state index contributed by atoms with van der Waals surface area (Å²) >= 11 is 0. The summed E-state index contributed by atoms with van der Waals surface area (Å²) in [5.41, 5.74) is 0. The average molecular weight is 760 g/mol. The van der Waals surface area contributed by atoms with E-state index in [1.54, 1.807) is 6.08 Å². The number of hydrogen-bond acceptors (Lipinski definition) is 4. The van der Waals surface area contributed by atoms with Gasteiger partial charge in [-0.1, -0.05) is 237 Å². The van der Waals surface area contributed by atoms with Crippen LogP contribution in [0.15, 0.2) is 36.5 Å². The fraction of sp³-hybridized carbons (Fsp3) is 0.857. The lowest BCUT2D eigenvalue weighted by Crippen LogP contribution is -2.45. The fourth-order valence-electron chi connectivity index (χ4n) is 7.26. The lowest BCUT2D eigenvalue weighted by molar-refractivity contribution is -0.124. The summed E-state index contributed by atoms with van der Waals surface area (Å²) in [5.74, 6) is -0.329. The van der Waals surface area contributed by atoms with Crippen molar-refractivity contribution in [3.05, 3.63) is 36.5 Å². The van der Waals surface area contributed by atoms with Gasteiger partial charge < -0.3 is 20.6 Å². The highest BCUT2D eigenvalue weighted by molar-refractivity contribution is 5.76. The van der Waals surface area contributed by atoms with Crippen LogP contribution >= 0.6 is 0 Å². The Balaban J connectivity index is 3.52. The smallest absolute Gasteiger partial charge is 0.222 e. The molecule has 318 valence electrons. The highest BCUT2D eigenvalue weighted by atomic mass is 16.3. The molecular formula is C49H93NO4. The molecule has 0 bridgehead atoms. The molecule has 4 N–H and O–H groups in total. The number of nitrogens with one attached hydrogen (secondary N) is 1. The Kier molecular flexibility index (Phi) is 43.1. The number of carbonyl (C=O) groups is 1. The molecular weight excluding hydrogens is 667 g/mol. The number of carbonyl (C=O) groups excluding carboxylic acids is 1. The molecule has 0 aromatic carbocycles. The van der Waals surface area contributed by atoms with Crippen LogP contribution in [0.3, 0.4) is 0 Å². The Labute approximate surface area is 336 Å². The van der Waals surface area contributed by atoms with Gasteiger partial charge in [0.25, 0.3) is 0 Å². The van der Waals surface area contributed by atoms with E-state index in [2.05, 4.69) is 43.5 Å². The lowest BCUT2D eigenvalue weighted by atomic mass is 10.0. The average Bonchev–Trinajstić information content (AvgIpc) is 3.16. The first-order valence-electron chi connectivity index (χ1n) is 23.8. The van der Waals surface area contributed by atoms with Crippen LogP contribution in [0.2, 0.25) is 0 Å². The van der Waals surface area contributed by atoms with Gasteiger partial charge in [0, 0.05) is 0 Å². The maximum atomic E-state index is 12.4. The number of amides is 1. The molecule has 0 saturated heterocycles. The van der Waals surface area contributed by atoms with Crippen molar-refractivity contribution in [2.75, 3.05) is 6.61 Å². The molecule has 0 saturated carbocycles. The van der Waals surface area contributed by atoms with E-state index in [9.17, 15) is 20.1 Å². The van der Waals surface area contributed by atoms with Crippen molar-refractivity contribution in [3.8, 4) is 0 Å². The summed E-state index contributed by atoms with van der Waals surface area (Å²) in [5, 5.41) is 33.1. The minimum absolute atomic E-state index is 0.00483. The number of aliphatic hydroxyl groups excluding tert-OH is 3. The van der Waals surface area contributed by atoms with Gasteiger partial charge in [-0.3, -0.25) is 4.79 Å². The quantitative estimate of drug-likeness (QED) is 0.0368. The zero-order valence-corrected chi connectivity index (χ0v) is 36.1. The van der Waals surface area contributed by atoms with Crippen molar-refractivity contribution < 1.29 is 20.1 Å². The molecule has 0 rings (SSSR count). The van der Waals surface area contributed by atoms with Gasteiger partial charge in [0.05, 0.1) is 31.3 Å². The second kappa shape index (κ2) is 44.3. The molecule has 0 aliphatic carbocycles. The van der Waals surface area contributed by atoms with Crippen LogP contribution in [0.4, 0.5) is 0 Å². The van der Waals surface area contributed by atoms with Gasteiger partial charge in [-0.25, -0.2) is 0 Å². The summed E-state index contributed by atoms with van der Waals surface area (Å²) < 4.78 is 0. The second-order valence-corrected chi connectivity index (χ2v) is 16.4. The fourth-order valence-corrected chi connectivity index (χ4v) is 7.26. The molecule has 0 heterocycles. The molecule has 0 aromatic heterocycles. The SMILES string of the molecule is CCC/C=C/CC/C=C/CC/C=C/C(O)C(CO)NC(=O)CC(O)CCCCCCCCCCCCCCCCCCCCCCCCCCCCCC. The summed E-state index contributed by atoms with van der Waals surface area (Å²) in [4.78, 5) is 12.4. The van der Waals surface area contributed by atoms with E-state index in [1.807, 2.05) is 6.08 Å². The standard InChI is InChI=1S/C49H93NO4/c1-3-5-7-9-11-13-15-16-17-18-19-20-21-22-23-24-25-26-27-28-29-30-31-33-34-36-38-40-42-46(52)44-49(54)50-47(45-51)48(53)43-41-39-37-35-32-14-12-10-8-6-4-2/h8,10,32,35,41,43,46-48,51-53H,3-7,9,11-31,33-34,36-40,42,44-45H2,1-2H3,(H,50,54)/b10-8+,35-32+,43-41+. The monoisotopic (exact) mass is 760 g/mol. The number of aliphatic hydroxyl groups is 3. The Hall–Kier alpha value is -1.43. The largest absolute Gasteiger partial charge is 0.394 e. The maximum Gasteiger partial charge on any atom is 0.222 e. The van der Waals surface area contributed by atoms with E-state index in [4.69, 9.17) is 0 Å². The summed E-state index contributed by atoms with van der Waals surface area (Å²) in [7, 11) is 0. The van der Waals surface area contributed by atoms with Gasteiger partial charge >= 0.3 is 0 Å². The van der Waals surface area contributed by atoms with E-state index in [0.29, 0.717) is 6.42 Å². The molecule has 5 heteroatoms. The predicted octanol–water partition coefficient (Wildman–Crippen LogP) is 13.9. The normalized spacial score (nSPS) is 13.8. The minimum atomic E-state index is -0.956. The molecule has 3 atom stereocenters. The Morgan fingerprint density at radius 2 is 0.796 bits per heavy atom. The van der Waals surface area contributed by atoms with Crippen LogP contribution in [-0.2, 0) is 4.79 Å². The topological polar surface area (TPSA) is 89.8 Å². The van der Waals surface area contributed by atoms with Gasteiger partial charge in [0.15, 0.2) is 0 Å². The van der Waals surface area contributed by atoms with Gasteiger partial charge in [-0.15, -0.1) is 0 Å². The molecule has 0 aliphatic heterocycles. The van der Waals surface area contributed by atoms with Gasteiger partial charge in [-0.2, -0.15) is 0 Å². The zero-order valence-electron chi connectivity index (χ0n) is 36.1. The van der Waals surface area contributed by atoms with Crippen LogP contribution in [-0.4, -0.2) is 46.1 Å². The first-order chi connectivity index (χ1) is 26.5. The van der Waals surface area contributed by atoms with Gasteiger partial charge in [0.1, 0.15) is 0 Å². The van der Waals surface area contributed by atoms with Crippen LogP contribution in [0.5, 0.6) is 0 Å². The molecule has 3 unspecified atom stereocenters. The summed E-state index contributed by atoms with van der Waals surface area (Å²) in [6.45, 7) is 4.13. The van der Waals surface area contributed by atoms with E-state index in [0.717, 1.165) is 44.9 Å². The number of hydrogen-bond donors (Lipinski definition) is 4. The molecule has 0 radical (unpaired) electrons. The first-order valence-corrected chi connectivity index (χ1v) is 23.8. The van der Waals surface area contributed by atoms with Gasteiger partial charge in [-0.05, 0) is 38.5 Å². The van der Waals surface area contributed by atoms with Crippen molar-refractivity contribution in [1.82, 2.24) is 5.32 Å². The van der Waals surface area contributed by atoms with Crippen LogP contribution in [0.25, 0.3) is 0 Å². The molecule has 1 amide bonds. The summed E-state index contributed by atoms with van der Waals surface area (Å²) in [6, 6.07) is -0.764. The van der Waals surface area contributed by atoms with Crippen molar-refractivity contribution in [3.63, 3.8) is 0 Å². The predicted molar refractivity (Wildman–Crippen MR) is 236 cm³/mol. The third kappa shape index (κ3) is 40.2. The molecule has 0 aliphatic rings. The van der Waals surface area contributed by atoms with Crippen LogP contribution < -0.4 is 5.32 Å². The third-order valence-corrected chi connectivity index (χ3v) is 10.9. The number of unbranched alkanes of at least 4 members (excludes halogenated alkanes) is 30. The van der Waals surface area contributed by atoms with Crippen LogP contribution in [0, 0.1) is 0 Å². The zero-order chi connectivity index (χ0) is 39.4. The summed E-state index contributed by atoms with van der Waals surface area (Å²) in [6.07, 6.45) is 56.1. The minimum Gasteiger partial charge on any atom is -0.394 e. The Morgan fingerprint density at radius 1 is 0.463 bits per heavy atom. The van der Waals surface area contributed by atoms with E-state index in [1.165, 1.54) is 173 Å². The second-order valence-electron chi connectivity index (χ2n) is 16.4. The molecule has 0 aromatic rings. The third-order valence-electron chi connectivity index (χ3n) is 10.9. The van der Waals surface area contributed by atoms with E-state index >= 15 is 0 Å². The van der Waals surface area contributed by atoms with Crippen molar-refractivity contribution in [2.24, 2.45) is 0 Å². The van der Waals surface area contributed by atoms with Gasteiger partial charge in [0.2, 0.25) is 5.91 Å². The van der Waals surface area contributed by atoms with Crippen molar-refractivity contribution in [1.29, 1.82) is 0 Å². The first kappa shape index (κ1) is 52.6. The highest BCUT2D eigenvalue weighted by Gasteiger charge is 2.20. The van der Waals surface area contributed by atoms with E-state index in [-0.39, 0.29) is 18.9 Å². The van der Waals surface area contributed by atoms with Crippen molar-refractivity contribution in [2.45, 2.75) is 263 Å². The molecule has 0 fully saturated rings. The van der Waals surface area contributed by atoms with Crippen molar-refractivity contribution >= 4 is 5.91 Å². The Bertz CT molecular complexity index is 840. The molecule has 5 nitrogen and oxygen atoms in total. The number of rotatable bonds is 43. The molecule has 54 heavy (non-hydrogen) atoms. The molecule has 0 spiro atoms. The highest BCUT2D eigenvalue weighted by Crippen LogP contribution is 2.17. The Morgan fingerprint density at radius 3 is 1.15 bits per heavy atom. The number of allylic oxidation sites excluding steroid dienone is 5. The van der Waals surface area contributed by atoms with E-state index < -0.39 is 18.2 Å². The lowest BCUT2D eigenvalue weighted by Gasteiger charge is -2.21. The maximum absolute atomic E-state index is 12.4. The van der Waals surface area contributed by atoms with Crippen LogP contribution in [0.1, 0.15) is 245 Å².